The topological polar surface area (TPSA) is 37.8 Å². The molecule has 6 heteroatoms. The van der Waals surface area contributed by atoms with Gasteiger partial charge in [0, 0.05) is 6.54 Å². The highest BCUT2D eigenvalue weighted by Gasteiger charge is 2.08. The third-order valence-electron chi connectivity index (χ3n) is 1.95. The number of nitrogens with one attached hydrogen (secondary N) is 1. The van der Waals surface area contributed by atoms with Crippen molar-refractivity contribution in [1.82, 2.24) is 15.5 Å². The molecule has 0 aliphatic rings. The predicted molar refractivity (Wildman–Crippen MR) is 72.9 cm³/mol. The Morgan fingerprint density at radius 2 is 2.19 bits per heavy atom. The lowest BCUT2D eigenvalue weighted by Gasteiger charge is -1.96. The molecule has 0 fully saturated rings. The van der Waals surface area contributed by atoms with Gasteiger partial charge in [-0.25, -0.2) is 0 Å². The van der Waals surface area contributed by atoms with Crippen LogP contribution in [0.3, 0.4) is 0 Å². The largest absolute Gasteiger partial charge is 0.310 e. The fourth-order valence-electron chi connectivity index (χ4n) is 1.23. The summed E-state index contributed by atoms with van der Waals surface area (Å²) < 4.78 is 1.13. The summed E-state index contributed by atoms with van der Waals surface area (Å²) in [7, 11) is 0. The number of aromatic nitrogens is 2. The van der Waals surface area contributed by atoms with E-state index in [1.807, 2.05) is 6.07 Å². The van der Waals surface area contributed by atoms with Gasteiger partial charge in [0.1, 0.15) is 5.01 Å². The molecule has 1 N–H and O–H groups in total. The van der Waals surface area contributed by atoms with Gasteiger partial charge in [-0.15, -0.1) is 21.5 Å². The van der Waals surface area contributed by atoms with E-state index in [0.29, 0.717) is 0 Å². The second-order valence-electron chi connectivity index (χ2n) is 3.28. The zero-order valence-electron chi connectivity index (χ0n) is 8.86. The number of rotatable bonds is 5. The zero-order valence-corrected chi connectivity index (χ0v) is 12.1. The Labute approximate surface area is 111 Å². The van der Waals surface area contributed by atoms with Crippen LogP contribution in [0.5, 0.6) is 0 Å². The first-order valence-electron chi connectivity index (χ1n) is 5.08. The molecule has 2 rings (SSSR count). The fraction of sp³-hybridized carbons (Fsp3) is 0.400. The second kappa shape index (κ2) is 5.86. The minimum atomic E-state index is 0.818. The van der Waals surface area contributed by atoms with Crippen molar-refractivity contribution in [2.45, 2.75) is 19.9 Å². The maximum absolute atomic E-state index is 4.20. The van der Waals surface area contributed by atoms with Crippen molar-refractivity contribution in [2.75, 3.05) is 6.54 Å². The molecule has 0 bridgehead atoms. The molecule has 0 aliphatic carbocycles. The maximum atomic E-state index is 4.20. The molecular weight excluding hydrogens is 306 g/mol. The van der Waals surface area contributed by atoms with Crippen LogP contribution in [0.2, 0.25) is 0 Å². The Balaban J connectivity index is 2.02. The van der Waals surface area contributed by atoms with Crippen molar-refractivity contribution in [3.05, 3.63) is 20.9 Å². The molecule has 0 unspecified atom stereocenters. The number of halogens is 1. The van der Waals surface area contributed by atoms with Crippen LogP contribution in [-0.4, -0.2) is 16.7 Å². The summed E-state index contributed by atoms with van der Waals surface area (Å²) in [5.74, 6) is 0. The van der Waals surface area contributed by atoms with E-state index in [4.69, 9.17) is 0 Å². The first-order chi connectivity index (χ1) is 7.79. The van der Waals surface area contributed by atoms with Gasteiger partial charge in [-0.1, -0.05) is 18.3 Å². The second-order valence-corrected chi connectivity index (χ2v) is 6.81. The van der Waals surface area contributed by atoms with Gasteiger partial charge in [-0.3, -0.25) is 0 Å². The average Bonchev–Trinajstić information content (AvgIpc) is 2.87. The zero-order chi connectivity index (χ0) is 11.4. The van der Waals surface area contributed by atoms with Gasteiger partial charge in [-0.05, 0) is 41.0 Å². The first-order valence-corrected chi connectivity index (χ1v) is 7.51. The van der Waals surface area contributed by atoms with Gasteiger partial charge in [0.25, 0.3) is 0 Å². The highest BCUT2D eigenvalue weighted by molar-refractivity contribution is 9.11. The van der Waals surface area contributed by atoms with E-state index >= 15 is 0 Å². The lowest BCUT2D eigenvalue weighted by atomic mass is 10.5. The van der Waals surface area contributed by atoms with Gasteiger partial charge >= 0.3 is 0 Å². The highest BCUT2D eigenvalue weighted by Crippen LogP contribution is 2.32. The van der Waals surface area contributed by atoms with Crippen molar-refractivity contribution in [3.8, 4) is 9.88 Å². The SMILES string of the molecule is CCCNCc1nnc(-c2ccc(Br)s2)s1. The van der Waals surface area contributed by atoms with E-state index in [0.717, 1.165) is 33.3 Å². The van der Waals surface area contributed by atoms with E-state index in [-0.39, 0.29) is 0 Å². The van der Waals surface area contributed by atoms with Crippen molar-refractivity contribution >= 4 is 38.6 Å². The van der Waals surface area contributed by atoms with Crippen molar-refractivity contribution < 1.29 is 0 Å². The summed E-state index contributed by atoms with van der Waals surface area (Å²) in [6.07, 6.45) is 1.14. The van der Waals surface area contributed by atoms with E-state index in [9.17, 15) is 0 Å². The van der Waals surface area contributed by atoms with Crippen LogP contribution in [0.25, 0.3) is 9.88 Å². The molecule has 0 atom stereocenters. The molecule has 0 aliphatic heterocycles. The van der Waals surface area contributed by atoms with Crippen LogP contribution >= 0.6 is 38.6 Å². The van der Waals surface area contributed by atoms with Crippen LogP contribution in [0.4, 0.5) is 0 Å². The first kappa shape index (κ1) is 12.2. The van der Waals surface area contributed by atoms with Crippen LogP contribution in [-0.2, 0) is 6.54 Å². The van der Waals surface area contributed by atoms with E-state index in [2.05, 4.69) is 44.4 Å². The monoisotopic (exact) mass is 317 g/mol. The Morgan fingerprint density at radius 3 is 2.88 bits per heavy atom. The summed E-state index contributed by atoms with van der Waals surface area (Å²) in [5, 5.41) is 13.7. The number of nitrogens with zero attached hydrogens (tertiary/aromatic N) is 2. The highest BCUT2D eigenvalue weighted by atomic mass is 79.9. The van der Waals surface area contributed by atoms with E-state index in [1.165, 1.54) is 4.88 Å². The smallest absolute Gasteiger partial charge is 0.157 e. The third kappa shape index (κ3) is 3.10. The Morgan fingerprint density at radius 1 is 1.31 bits per heavy atom. The summed E-state index contributed by atoms with van der Waals surface area (Å²) >= 11 is 6.79. The summed E-state index contributed by atoms with van der Waals surface area (Å²) in [6, 6.07) is 4.11. The molecular formula is C10H12BrN3S2. The minimum absolute atomic E-state index is 0.818. The van der Waals surface area contributed by atoms with Crippen LogP contribution in [0.1, 0.15) is 18.4 Å². The van der Waals surface area contributed by atoms with Gasteiger partial charge < -0.3 is 5.32 Å². The Kier molecular flexibility index (Phi) is 4.45. The fourth-order valence-corrected chi connectivity index (χ4v) is 3.47. The maximum Gasteiger partial charge on any atom is 0.157 e. The third-order valence-corrected chi connectivity index (χ3v) is 4.67. The molecule has 0 radical (unpaired) electrons. The van der Waals surface area contributed by atoms with E-state index < -0.39 is 0 Å². The normalized spacial score (nSPS) is 10.9. The molecule has 0 spiro atoms. The van der Waals surface area contributed by atoms with Crippen molar-refractivity contribution in [2.24, 2.45) is 0 Å². The molecule has 0 aromatic carbocycles. The quantitative estimate of drug-likeness (QED) is 0.857. The van der Waals surface area contributed by atoms with Gasteiger partial charge in [0.05, 0.1) is 8.66 Å². The standard InChI is InChI=1S/C10H12BrN3S2/c1-2-5-12-6-9-13-14-10(16-9)7-3-4-8(11)15-7/h3-4,12H,2,5-6H2,1H3. The lowest BCUT2D eigenvalue weighted by Crippen LogP contribution is -2.13. The Bertz CT molecular complexity index is 452. The van der Waals surface area contributed by atoms with Crippen LogP contribution in [0, 0.1) is 0 Å². The van der Waals surface area contributed by atoms with Crippen LogP contribution < -0.4 is 5.32 Å². The molecule has 0 saturated carbocycles. The molecule has 2 aromatic heterocycles. The summed E-state index contributed by atoms with van der Waals surface area (Å²) in [5.41, 5.74) is 0. The summed E-state index contributed by atoms with van der Waals surface area (Å²) in [6.45, 7) is 4.00. The number of hydrogen-bond acceptors (Lipinski definition) is 5. The molecule has 3 nitrogen and oxygen atoms in total. The summed E-state index contributed by atoms with van der Waals surface area (Å²) in [4.78, 5) is 1.17. The number of thiophene rings is 1. The Hall–Kier alpha value is -0.300. The van der Waals surface area contributed by atoms with Gasteiger partial charge in [0.15, 0.2) is 5.01 Å². The van der Waals surface area contributed by atoms with Gasteiger partial charge in [-0.2, -0.15) is 0 Å². The molecule has 0 amide bonds. The predicted octanol–water partition coefficient (Wildman–Crippen LogP) is 3.53. The number of hydrogen-bond donors (Lipinski definition) is 1. The molecule has 16 heavy (non-hydrogen) atoms. The average molecular weight is 318 g/mol. The van der Waals surface area contributed by atoms with Crippen molar-refractivity contribution in [1.29, 1.82) is 0 Å². The molecule has 2 aromatic rings. The molecule has 86 valence electrons. The minimum Gasteiger partial charge on any atom is -0.310 e. The molecule has 0 saturated heterocycles. The van der Waals surface area contributed by atoms with Gasteiger partial charge in [0.2, 0.25) is 0 Å². The lowest BCUT2D eigenvalue weighted by molar-refractivity contribution is 0.668. The van der Waals surface area contributed by atoms with Crippen molar-refractivity contribution in [3.63, 3.8) is 0 Å². The van der Waals surface area contributed by atoms with E-state index in [1.54, 1.807) is 22.7 Å². The van der Waals surface area contributed by atoms with Crippen LogP contribution in [0.15, 0.2) is 15.9 Å². The molecule has 2 heterocycles.